The SMILES string of the molecule is CC(Cc1ccc(O)cc1)=C1C=CCC=C1. The Morgan fingerprint density at radius 3 is 2.38 bits per heavy atom. The summed E-state index contributed by atoms with van der Waals surface area (Å²) in [4.78, 5) is 0. The average molecular weight is 212 g/mol. The maximum Gasteiger partial charge on any atom is 0.115 e. The normalized spacial score (nSPS) is 14.2. The van der Waals surface area contributed by atoms with E-state index in [2.05, 4.69) is 31.2 Å². The first-order valence-corrected chi connectivity index (χ1v) is 5.56. The van der Waals surface area contributed by atoms with Gasteiger partial charge in [0.1, 0.15) is 5.75 Å². The Balaban J connectivity index is 2.15. The first kappa shape index (κ1) is 10.7. The lowest BCUT2D eigenvalue weighted by Crippen LogP contribution is -1.91. The number of allylic oxidation sites excluding steroid dienone is 6. The highest BCUT2D eigenvalue weighted by Gasteiger charge is 2.00. The summed E-state index contributed by atoms with van der Waals surface area (Å²) >= 11 is 0. The fraction of sp³-hybridized carbons (Fsp3) is 0.200. The van der Waals surface area contributed by atoms with E-state index in [9.17, 15) is 5.11 Å². The zero-order valence-electron chi connectivity index (χ0n) is 9.48. The van der Waals surface area contributed by atoms with Crippen molar-refractivity contribution in [1.29, 1.82) is 0 Å². The molecule has 0 atom stereocenters. The lowest BCUT2D eigenvalue weighted by atomic mass is 9.98. The molecule has 0 aliphatic heterocycles. The molecule has 16 heavy (non-hydrogen) atoms. The predicted octanol–water partition coefficient (Wildman–Crippen LogP) is 3.77. The van der Waals surface area contributed by atoms with Gasteiger partial charge in [0.2, 0.25) is 0 Å². The second-order valence-corrected chi connectivity index (χ2v) is 4.12. The van der Waals surface area contributed by atoms with Crippen LogP contribution in [0.1, 0.15) is 18.9 Å². The summed E-state index contributed by atoms with van der Waals surface area (Å²) in [5.41, 5.74) is 3.90. The molecule has 0 radical (unpaired) electrons. The van der Waals surface area contributed by atoms with E-state index in [4.69, 9.17) is 0 Å². The molecule has 0 amide bonds. The maximum absolute atomic E-state index is 9.21. The van der Waals surface area contributed by atoms with E-state index in [1.807, 2.05) is 12.1 Å². The van der Waals surface area contributed by atoms with Gasteiger partial charge in [-0.2, -0.15) is 0 Å². The van der Waals surface area contributed by atoms with Crippen LogP contribution in [0.25, 0.3) is 0 Å². The molecule has 1 aromatic carbocycles. The quantitative estimate of drug-likeness (QED) is 0.791. The van der Waals surface area contributed by atoms with E-state index >= 15 is 0 Å². The monoisotopic (exact) mass is 212 g/mol. The van der Waals surface area contributed by atoms with Gasteiger partial charge in [-0.25, -0.2) is 0 Å². The Morgan fingerprint density at radius 2 is 1.75 bits per heavy atom. The molecule has 0 saturated carbocycles. The Morgan fingerprint density at radius 1 is 1.12 bits per heavy atom. The van der Waals surface area contributed by atoms with Crippen molar-refractivity contribution in [3.63, 3.8) is 0 Å². The first-order chi connectivity index (χ1) is 7.75. The van der Waals surface area contributed by atoms with Crippen LogP contribution in [0.5, 0.6) is 5.75 Å². The molecule has 82 valence electrons. The summed E-state index contributed by atoms with van der Waals surface area (Å²) in [7, 11) is 0. The van der Waals surface area contributed by atoms with E-state index in [0.717, 1.165) is 12.8 Å². The summed E-state index contributed by atoms with van der Waals surface area (Å²) in [5.74, 6) is 0.325. The molecule has 0 spiro atoms. The maximum atomic E-state index is 9.21. The summed E-state index contributed by atoms with van der Waals surface area (Å²) in [6, 6.07) is 7.41. The van der Waals surface area contributed by atoms with Crippen molar-refractivity contribution in [3.05, 3.63) is 65.3 Å². The van der Waals surface area contributed by atoms with Gasteiger partial charge in [-0.05, 0) is 43.0 Å². The minimum absolute atomic E-state index is 0.325. The van der Waals surface area contributed by atoms with Crippen molar-refractivity contribution in [1.82, 2.24) is 0 Å². The Labute approximate surface area is 96.4 Å². The minimum atomic E-state index is 0.325. The Bertz CT molecular complexity index is 433. The molecule has 0 saturated heterocycles. The van der Waals surface area contributed by atoms with Crippen molar-refractivity contribution in [2.24, 2.45) is 0 Å². The predicted molar refractivity (Wildman–Crippen MR) is 67.4 cm³/mol. The fourth-order valence-electron chi connectivity index (χ4n) is 1.83. The second-order valence-electron chi connectivity index (χ2n) is 4.12. The van der Waals surface area contributed by atoms with Crippen LogP contribution in [0.4, 0.5) is 0 Å². The van der Waals surface area contributed by atoms with Crippen molar-refractivity contribution in [2.45, 2.75) is 19.8 Å². The van der Waals surface area contributed by atoms with Crippen LogP contribution in [0.2, 0.25) is 0 Å². The molecule has 1 aromatic rings. The van der Waals surface area contributed by atoms with Gasteiger partial charge >= 0.3 is 0 Å². The van der Waals surface area contributed by atoms with Gasteiger partial charge in [-0.1, -0.05) is 42.0 Å². The number of rotatable bonds is 2. The summed E-state index contributed by atoms with van der Waals surface area (Å²) in [5, 5.41) is 9.21. The molecule has 1 aliphatic carbocycles. The topological polar surface area (TPSA) is 20.2 Å². The lowest BCUT2D eigenvalue weighted by molar-refractivity contribution is 0.475. The van der Waals surface area contributed by atoms with E-state index in [1.54, 1.807) is 12.1 Å². The summed E-state index contributed by atoms with van der Waals surface area (Å²) in [6.45, 7) is 2.15. The average Bonchev–Trinajstić information content (AvgIpc) is 2.33. The molecule has 1 aliphatic rings. The highest BCUT2D eigenvalue weighted by Crippen LogP contribution is 2.18. The van der Waals surface area contributed by atoms with E-state index in [1.165, 1.54) is 16.7 Å². The smallest absolute Gasteiger partial charge is 0.115 e. The zero-order valence-corrected chi connectivity index (χ0v) is 9.48. The third-order valence-electron chi connectivity index (χ3n) is 2.77. The molecule has 0 bridgehead atoms. The van der Waals surface area contributed by atoms with Crippen LogP contribution in [0, 0.1) is 0 Å². The number of benzene rings is 1. The largest absolute Gasteiger partial charge is 0.508 e. The van der Waals surface area contributed by atoms with Gasteiger partial charge in [0.15, 0.2) is 0 Å². The molecular weight excluding hydrogens is 196 g/mol. The molecule has 0 heterocycles. The number of phenolic OH excluding ortho intramolecular Hbond substituents is 1. The van der Waals surface area contributed by atoms with Crippen LogP contribution in [-0.4, -0.2) is 5.11 Å². The minimum Gasteiger partial charge on any atom is -0.508 e. The van der Waals surface area contributed by atoms with Crippen LogP contribution < -0.4 is 0 Å². The number of hydrogen-bond donors (Lipinski definition) is 1. The second kappa shape index (κ2) is 4.84. The standard InChI is InChI=1S/C15H16O/c1-12(14-5-3-2-4-6-14)11-13-7-9-15(16)10-8-13/h3-10,16H,2,11H2,1H3. The van der Waals surface area contributed by atoms with Crippen molar-refractivity contribution < 1.29 is 5.11 Å². The highest BCUT2D eigenvalue weighted by atomic mass is 16.3. The van der Waals surface area contributed by atoms with Crippen LogP contribution in [-0.2, 0) is 6.42 Å². The molecule has 1 heteroatoms. The van der Waals surface area contributed by atoms with E-state index < -0.39 is 0 Å². The van der Waals surface area contributed by atoms with E-state index in [0.29, 0.717) is 5.75 Å². The Kier molecular flexibility index (Phi) is 3.25. The first-order valence-electron chi connectivity index (χ1n) is 5.56. The van der Waals surface area contributed by atoms with Crippen molar-refractivity contribution in [2.75, 3.05) is 0 Å². The van der Waals surface area contributed by atoms with Gasteiger partial charge in [0.05, 0.1) is 0 Å². The van der Waals surface area contributed by atoms with Gasteiger partial charge in [-0.15, -0.1) is 0 Å². The number of hydrogen-bond acceptors (Lipinski definition) is 1. The third kappa shape index (κ3) is 2.63. The molecule has 1 nitrogen and oxygen atoms in total. The van der Waals surface area contributed by atoms with Gasteiger partial charge in [0.25, 0.3) is 0 Å². The molecule has 1 N–H and O–H groups in total. The van der Waals surface area contributed by atoms with Crippen molar-refractivity contribution in [3.8, 4) is 5.75 Å². The third-order valence-corrected chi connectivity index (χ3v) is 2.77. The zero-order chi connectivity index (χ0) is 11.4. The molecule has 0 unspecified atom stereocenters. The van der Waals surface area contributed by atoms with Gasteiger partial charge in [0, 0.05) is 0 Å². The Hall–Kier alpha value is -1.76. The van der Waals surface area contributed by atoms with E-state index in [-0.39, 0.29) is 0 Å². The highest BCUT2D eigenvalue weighted by molar-refractivity contribution is 5.40. The van der Waals surface area contributed by atoms with Gasteiger partial charge in [-0.3, -0.25) is 0 Å². The summed E-state index contributed by atoms with van der Waals surface area (Å²) in [6.07, 6.45) is 10.7. The van der Waals surface area contributed by atoms with Crippen LogP contribution in [0.15, 0.2) is 59.7 Å². The van der Waals surface area contributed by atoms with Crippen LogP contribution in [0.3, 0.4) is 0 Å². The van der Waals surface area contributed by atoms with Crippen LogP contribution >= 0.6 is 0 Å². The molecule has 0 fully saturated rings. The fourth-order valence-corrected chi connectivity index (χ4v) is 1.83. The van der Waals surface area contributed by atoms with Gasteiger partial charge < -0.3 is 5.11 Å². The van der Waals surface area contributed by atoms with Crippen molar-refractivity contribution >= 4 is 0 Å². The number of phenols is 1. The molecule has 0 aromatic heterocycles. The summed E-state index contributed by atoms with van der Waals surface area (Å²) < 4.78 is 0. The number of aromatic hydroxyl groups is 1. The molecular formula is C15H16O. The molecule has 2 rings (SSSR count). The lowest BCUT2D eigenvalue weighted by Gasteiger charge is -2.07.